The minimum Gasteiger partial charge on any atom is -0.289 e. The Balaban J connectivity index is 1.48. The first kappa shape index (κ1) is 23.3. The average Bonchev–Trinajstić information content (AvgIpc) is 3.58. The Morgan fingerprint density at radius 3 is 2.18 bits per heavy atom. The molecule has 1 aliphatic heterocycles. The van der Waals surface area contributed by atoms with Crippen molar-refractivity contribution in [3.8, 4) is 0 Å². The number of piperidine rings is 1. The first-order valence-electron chi connectivity index (χ1n) is 10.9. The van der Waals surface area contributed by atoms with E-state index in [9.17, 15) is 26.4 Å². The molecule has 0 amide bonds. The summed E-state index contributed by atoms with van der Waals surface area (Å²) < 4.78 is 65.0. The van der Waals surface area contributed by atoms with Crippen LogP contribution in [-0.2, 0) is 10.0 Å². The lowest BCUT2D eigenvalue weighted by atomic mass is 9.91. The van der Waals surface area contributed by atoms with E-state index >= 15 is 0 Å². The molecule has 34 heavy (non-hydrogen) atoms. The Labute approximate surface area is 199 Å². The summed E-state index contributed by atoms with van der Waals surface area (Å²) in [5.74, 6) is -0.332. The number of benzene rings is 2. The number of nitrogens with zero attached hydrogens (tertiary/aromatic N) is 3. The zero-order valence-electron chi connectivity index (χ0n) is 17.9. The van der Waals surface area contributed by atoms with Gasteiger partial charge in [-0.2, -0.15) is 22.6 Å². The predicted molar refractivity (Wildman–Crippen MR) is 121 cm³/mol. The lowest BCUT2D eigenvalue weighted by Gasteiger charge is -2.32. The van der Waals surface area contributed by atoms with Crippen molar-refractivity contribution in [3.05, 3.63) is 64.3 Å². The first-order valence-corrected chi connectivity index (χ1v) is 12.8. The van der Waals surface area contributed by atoms with Crippen molar-refractivity contribution in [2.75, 3.05) is 13.1 Å². The van der Waals surface area contributed by atoms with E-state index in [1.165, 1.54) is 0 Å². The van der Waals surface area contributed by atoms with Crippen molar-refractivity contribution in [3.63, 3.8) is 0 Å². The molecule has 1 saturated heterocycles. The largest absolute Gasteiger partial charge is 0.511 e. The van der Waals surface area contributed by atoms with E-state index in [0.717, 1.165) is 23.9 Å². The molecule has 0 spiro atoms. The predicted octanol–water partition coefficient (Wildman–Crippen LogP) is 5.28. The number of hydrogen-bond acceptors (Lipinski definition) is 4. The number of aromatic nitrogens is 2. The monoisotopic (exact) mass is 511 g/mol. The summed E-state index contributed by atoms with van der Waals surface area (Å²) in [6, 6.07) is 12.1. The zero-order valence-corrected chi connectivity index (χ0v) is 19.5. The third-order valence-corrected chi connectivity index (χ3v) is 8.35. The van der Waals surface area contributed by atoms with Crippen molar-refractivity contribution < 1.29 is 26.4 Å². The number of fused-ring (bicyclic) bond motifs is 1. The summed E-state index contributed by atoms with van der Waals surface area (Å²) in [5, 5.41) is 6.03. The van der Waals surface area contributed by atoms with Crippen LogP contribution in [0.3, 0.4) is 0 Å². The van der Waals surface area contributed by atoms with E-state index < -0.39 is 15.5 Å². The molecule has 5 rings (SSSR count). The standard InChI is InChI=1S/C23H21ClF3N3O3S/c24-17-4-1-15(2-5-17)22(31)16-3-8-20-19(13-16)21(30(28-20)18-6-7-18)14-9-11-29(12-10-14)34(32,33)23(25,26)27/h1-5,8,13-14,18H,6-7,9-12H2. The van der Waals surface area contributed by atoms with Crippen LogP contribution in [-0.4, -0.2) is 46.9 Å². The van der Waals surface area contributed by atoms with E-state index in [-0.39, 0.29) is 43.7 Å². The fourth-order valence-electron chi connectivity index (χ4n) is 4.55. The number of rotatable bonds is 5. The molecule has 2 heterocycles. The maximum atomic E-state index is 13.0. The first-order chi connectivity index (χ1) is 16.1. The molecule has 0 radical (unpaired) electrons. The molecule has 2 aromatic carbocycles. The SMILES string of the molecule is O=C(c1ccc(Cl)cc1)c1ccc2nn(C3CC3)c(C3CCN(S(=O)(=O)C(F)(F)F)CC3)c2c1. The minimum atomic E-state index is -5.34. The van der Waals surface area contributed by atoms with Crippen LogP contribution in [0.5, 0.6) is 0 Å². The molecule has 0 unspecified atom stereocenters. The van der Waals surface area contributed by atoms with Gasteiger partial charge in [0.2, 0.25) is 0 Å². The molecule has 0 atom stereocenters. The molecule has 0 bridgehead atoms. The Morgan fingerprint density at radius 1 is 0.971 bits per heavy atom. The topological polar surface area (TPSA) is 72.3 Å². The van der Waals surface area contributed by atoms with Crippen LogP contribution in [0.15, 0.2) is 42.5 Å². The van der Waals surface area contributed by atoms with Crippen LogP contribution < -0.4 is 0 Å². The van der Waals surface area contributed by atoms with Crippen LogP contribution in [0.2, 0.25) is 5.02 Å². The summed E-state index contributed by atoms with van der Waals surface area (Å²) in [4.78, 5) is 13.0. The number of carbonyl (C=O) groups is 1. The molecule has 1 aromatic heterocycles. The van der Waals surface area contributed by atoms with Gasteiger partial charge in [0.15, 0.2) is 5.78 Å². The highest BCUT2D eigenvalue weighted by Crippen LogP contribution is 2.43. The van der Waals surface area contributed by atoms with Gasteiger partial charge in [-0.05, 0) is 68.1 Å². The zero-order chi connectivity index (χ0) is 24.3. The number of sulfonamides is 1. The smallest absolute Gasteiger partial charge is 0.289 e. The highest BCUT2D eigenvalue weighted by Gasteiger charge is 2.50. The van der Waals surface area contributed by atoms with E-state index in [2.05, 4.69) is 0 Å². The summed E-state index contributed by atoms with van der Waals surface area (Å²) in [7, 11) is -5.34. The van der Waals surface area contributed by atoms with E-state index in [0.29, 0.717) is 26.0 Å². The highest BCUT2D eigenvalue weighted by atomic mass is 35.5. The molecule has 2 fully saturated rings. The molecule has 2 aliphatic rings. The second kappa shape index (κ2) is 8.35. The van der Waals surface area contributed by atoms with Crippen LogP contribution in [0.4, 0.5) is 13.2 Å². The molecule has 3 aromatic rings. The molecule has 11 heteroatoms. The second-order valence-electron chi connectivity index (χ2n) is 8.75. The van der Waals surface area contributed by atoms with Gasteiger partial charge in [0, 0.05) is 46.2 Å². The van der Waals surface area contributed by atoms with Crippen LogP contribution in [0.1, 0.15) is 59.3 Å². The lowest BCUT2D eigenvalue weighted by molar-refractivity contribution is -0.0494. The van der Waals surface area contributed by atoms with Gasteiger partial charge in [0.25, 0.3) is 0 Å². The van der Waals surface area contributed by atoms with Gasteiger partial charge in [0.1, 0.15) is 0 Å². The third-order valence-electron chi connectivity index (χ3n) is 6.47. The summed E-state index contributed by atoms with van der Waals surface area (Å²) in [6.07, 6.45) is 2.41. The highest BCUT2D eigenvalue weighted by molar-refractivity contribution is 7.90. The number of halogens is 4. The third kappa shape index (κ3) is 4.12. The Bertz CT molecular complexity index is 1360. The Morgan fingerprint density at radius 2 is 1.59 bits per heavy atom. The molecule has 1 aliphatic carbocycles. The van der Waals surface area contributed by atoms with Gasteiger partial charge >= 0.3 is 15.5 Å². The van der Waals surface area contributed by atoms with Gasteiger partial charge in [0.05, 0.1) is 11.6 Å². The Kier molecular flexibility index (Phi) is 5.73. The maximum Gasteiger partial charge on any atom is 0.511 e. The molecule has 180 valence electrons. The molecular weight excluding hydrogens is 491 g/mol. The van der Waals surface area contributed by atoms with Gasteiger partial charge in [-0.3, -0.25) is 9.48 Å². The van der Waals surface area contributed by atoms with Gasteiger partial charge < -0.3 is 0 Å². The normalized spacial score (nSPS) is 18.5. The number of alkyl halides is 3. The van der Waals surface area contributed by atoms with E-state index in [4.69, 9.17) is 16.7 Å². The summed E-state index contributed by atoms with van der Waals surface area (Å²) >= 11 is 5.92. The van der Waals surface area contributed by atoms with Crippen molar-refractivity contribution in [1.82, 2.24) is 14.1 Å². The van der Waals surface area contributed by atoms with Crippen molar-refractivity contribution >= 4 is 38.3 Å². The fourth-order valence-corrected chi connectivity index (χ4v) is 5.66. The second-order valence-corrected chi connectivity index (χ2v) is 11.1. The van der Waals surface area contributed by atoms with E-state index in [1.54, 1.807) is 42.5 Å². The van der Waals surface area contributed by atoms with Gasteiger partial charge in [-0.1, -0.05) is 11.6 Å². The van der Waals surface area contributed by atoms with Crippen molar-refractivity contribution in [1.29, 1.82) is 0 Å². The van der Waals surface area contributed by atoms with Crippen molar-refractivity contribution in [2.24, 2.45) is 0 Å². The van der Waals surface area contributed by atoms with Crippen LogP contribution >= 0.6 is 11.6 Å². The Hall–Kier alpha value is -2.43. The number of hydrogen-bond donors (Lipinski definition) is 0. The number of carbonyl (C=O) groups excluding carboxylic acids is 1. The minimum absolute atomic E-state index is 0.161. The summed E-state index contributed by atoms with van der Waals surface area (Å²) in [6.45, 7) is -0.430. The number of ketones is 1. The van der Waals surface area contributed by atoms with Crippen molar-refractivity contribution in [2.45, 2.75) is 43.2 Å². The van der Waals surface area contributed by atoms with Gasteiger partial charge in [-0.15, -0.1) is 0 Å². The lowest BCUT2D eigenvalue weighted by Crippen LogP contribution is -2.44. The van der Waals surface area contributed by atoms with Crippen LogP contribution in [0.25, 0.3) is 10.9 Å². The van der Waals surface area contributed by atoms with E-state index in [1.807, 2.05) is 4.68 Å². The molecule has 6 nitrogen and oxygen atoms in total. The maximum absolute atomic E-state index is 13.0. The molecule has 0 N–H and O–H groups in total. The quantitative estimate of drug-likeness (QED) is 0.437. The van der Waals surface area contributed by atoms with Gasteiger partial charge in [-0.25, -0.2) is 8.42 Å². The fraction of sp³-hybridized carbons (Fsp3) is 0.391. The average molecular weight is 512 g/mol. The van der Waals surface area contributed by atoms with Crippen LogP contribution in [0, 0.1) is 0 Å². The molecular formula is C23H21ClF3N3O3S. The molecule has 1 saturated carbocycles. The summed E-state index contributed by atoms with van der Waals surface area (Å²) in [5.41, 5.74) is -2.76.